The van der Waals surface area contributed by atoms with Crippen LogP contribution in [0.4, 0.5) is 5.69 Å². The van der Waals surface area contributed by atoms with E-state index in [1.165, 1.54) is 0 Å². The average Bonchev–Trinajstić information content (AvgIpc) is 2.06. The Morgan fingerprint density at radius 3 is 3.00 bits per heavy atom. The van der Waals surface area contributed by atoms with Crippen molar-refractivity contribution in [2.24, 2.45) is 5.73 Å². The van der Waals surface area contributed by atoms with Gasteiger partial charge in [-0.15, -0.1) is 0 Å². The van der Waals surface area contributed by atoms with Gasteiger partial charge in [-0.3, -0.25) is 4.79 Å². The maximum absolute atomic E-state index is 11.0. The number of anilines is 1. The molecule has 1 radical (unpaired) electrons. The van der Waals surface area contributed by atoms with Crippen LogP contribution in [0.5, 0.6) is 0 Å². The van der Waals surface area contributed by atoms with Crippen molar-refractivity contribution < 1.29 is 4.79 Å². The van der Waals surface area contributed by atoms with E-state index in [2.05, 4.69) is 11.4 Å². The Kier molecular flexibility index (Phi) is 3.29. The molecule has 0 atom stereocenters. The molecule has 0 saturated heterocycles. The van der Waals surface area contributed by atoms with Crippen molar-refractivity contribution in [2.75, 3.05) is 11.9 Å². The van der Waals surface area contributed by atoms with Gasteiger partial charge in [0.2, 0.25) is 5.91 Å². The summed E-state index contributed by atoms with van der Waals surface area (Å²) in [4.78, 5) is 11.0. The van der Waals surface area contributed by atoms with Crippen LogP contribution < -0.4 is 11.1 Å². The SMILES string of the molecule is NCCC(=O)Nc1[c]cccc1. The first-order chi connectivity index (χ1) is 5.83. The fourth-order valence-electron chi connectivity index (χ4n) is 0.815. The number of hydrogen-bond donors (Lipinski definition) is 2. The second-order valence-electron chi connectivity index (χ2n) is 2.36. The van der Waals surface area contributed by atoms with Gasteiger partial charge in [-0.05, 0) is 6.07 Å². The number of carbonyl (C=O) groups excluding carboxylic acids is 1. The molecule has 0 aliphatic carbocycles. The van der Waals surface area contributed by atoms with Crippen molar-refractivity contribution in [3.05, 3.63) is 30.3 Å². The lowest BCUT2D eigenvalue weighted by atomic mass is 10.3. The van der Waals surface area contributed by atoms with E-state index in [9.17, 15) is 4.79 Å². The number of nitrogens with two attached hydrogens (primary N) is 1. The van der Waals surface area contributed by atoms with Crippen molar-refractivity contribution >= 4 is 11.6 Å². The minimum absolute atomic E-state index is 0.0695. The van der Waals surface area contributed by atoms with Crippen LogP contribution in [-0.2, 0) is 4.79 Å². The predicted molar refractivity (Wildman–Crippen MR) is 47.6 cm³/mol. The van der Waals surface area contributed by atoms with E-state index >= 15 is 0 Å². The average molecular weight is 163 g/mol. The third-order valence-electron chi connectivity index (χ3n) is 1.35. The highest BCUT2D eigenvalue weighted by Crippen LogP contribution is 2.03. The zero-order valence-corrected chi connectivity index (χ0v) is 6.71. The van der Waals surface area contributed by atoms with Crippen molar-refractivity contribution in [3.63, 3.8) is 0 Å². The second kappa shape index (κ2) is 4.51. The van der Waals surface area contributed by atoms with Crippen LogP contribution in [0, 0.1) is 6.07 Å². The number of benzene rings is 1. The monoisotopic (exact) mass is 163 g/mol. The molecule has 1 aromatic carbocycles. The number of rotatable bonds is 3. The lowest BCUT2D eigenvalue weighted by Crippen LogP contribution is -2.15. The van der Waals surface area contributed by atoms with Crippen LogP contribution in [0.1, 0.15) is 6.42 Å². The normalized spacial score (nSPS) is 9.42. The van der Waals surface area contributed by atoms with Crippen molar-refractivity contribution in [2.45, 2.75) is 6.42 Å². The lowest BCUT2D eigenvalue weighted by Gasteiger charge is -2.01. The van der Waals surface area contributed by atoms with Gasteiger partial charge in [0.05, 0.1) is 0 Å². The maximum atomic E-state index is 11.0. The topological polar surface area (TPSA) is 55.1 Å². The summed E-state index contributed by atoms with van der Waals surface area (Å²) in [6.45, 7) is 0.374. The minimum Gasteiger partial charge on any atom is -0.330 e. The zero-order chi connectivity index (χ0) is 8.81. The van der Waals surface area contributed by atoms with Gasteiger partial charge in [-0.1, -0.05) is 18.2 Å². The van der Waals surface area contributed by atoms with Gasteiger partial charge < -0.3 is 11.1 Å². The molecule has 0 saturated carbocycles. The molecule has 63 valence electrons. The van der Waals surface area contributed by atoms with E-state index in [1.54, 1.807) is 12.1 Å². The van der Waals surface area contributed by atoms with E-state index in [0.717, 1.165) is 0 Å². The summed E-state index contributed by atoms with van der Waals surface area (Å²) in [5.74, 6) is -0.0695. The number of para-hydroxylation sites is 1. The molecule has 0 aromatic heterocycles. The maximum Gasteiger partial charge on any atom is 0.225 e. The predicted octanol–water partition coefficient (Wildman–Crippen LogP) is 0.774. The lowest BCUT2D eigenvalue weighted by molar-refractivity contribution is -0.116. The van der Waals surface area contributed by atoms with Gasteiger partial charge in [0.25, 0.3) is 0 Å². The highest BCUT2D eigenvalue weighted by Gasteiger charge is 1.98. The summed E-state index contributed by atoms with van der Waals surface area (Å²) in [7, 11) is 0. The number of hydrogen-bond acceptors (Lipinski definition) is 2. The van der Waals surface area contributed by atoms with Crippen LogP contribution in [0.25, 0.3) is 0 Å². The van der Waals surface area contributed by atoms with E-state index < -0.39 is 0 Å². The molecule has 1 aromatic rings. The Hall–Kier alpha value is -1.35. The molecular weight excluding hydrogens is 152 g/mol. The Balaban J connectivity index is 2.47. The largest absolute Gasteiger partial charge is 0.330 e. The molecule has 0 fully saturated rings. The number of carbonyl (C=O) groups is 1. The van der Waals surface area contributed by atoms with E-state index in [4.69, 9.17) is 5.73 Å². The molecule has 3 N–H and O–H groups in total. The molecule has 0 unspecified atom stereocenters. The molecule has 3 nitrogen and oxygen atoms in total. The molecule has 0 bridgehead atoms. The highest BCUT2D eigenvalue weighted by atomic mass is 16.1. The van der Waals surface area contributed by atoms with Crippen LogP contribution in [-0.4, -0.2) is 12.5 Å². The van der Waals surface area contributed by atoms with E-state index in [1.807, 2.05) is 12.1 Å². The third-order valence-corrected chi connectivity index (χ3v) is 1.35. The fraction of sp³-hybridized carbons (Fsp3) is 0.222. The quantitative estimate of drug-likeness (QED) is 0.691. The summed E-state index contributed by atoms with van der Waals surface area (Å²) in [5, 5.41) is 2.67. The van der Waals surface area contributed by atoms with Crippen molar-refractivity contribution in [1.29, 1.82) is 0 Å². The van der Waals surface area contributed by atoms with Gasteiger partial charge in [-0.2, -0.15) is 0 Å². The Labute approximate surface area is 71.6 Å². The molecular formula is C9H11N2O. The van der Waals surface area contributed by atoms with Crippen molar-refractivity contribution in [3.8, 4) is 0 Å². The van der Waals surface area contributed by atoms with Crippen LogP contribution >= 0.6 is 0 Å². The molecule has 0 spiro atoms. The Morgan fingerprint density at radius 1 is 1.58 bits per heavy atom. The summed E-state index contributed by atoms with van der Waals surface area (Å²) < 4.78 is 0. The van der Waals surface area contributed by atoms with Gasteiger partial charge in [-0.25, -0.2) is 0 Å². The van der Waals surface area contributed by atoms with Gasteiger partial charge in [0.15, 0.2) is 0 Å². The van der Waals surface area contributed by atoms with Gasteiger partial charge >= 0.3 is 0 Å². The summed E-state index contributed by atoms with van der Waals surface area (Å²) >= 11 is 0. The fourth-order valence-corrected chi connectivity index (χ4v) is 0.815. The molecule has 0 aliphatic rings. The first-order valence-corrected chi connectivity index (χ1v) is 3.79. The molecule has 0 heterocycles. The van der Waals surface area contributed by atoms with Crippen molar-refractivity contribution in [1.82, 2.24) is 0 Å². The first kappa shape index (κ1) is 8.74. The van der Waals surface area contributed by atoms with E-state index in [0.29, 0.717) is 18.7 Å². The standard InChI is InChI=1S/C9H11N2O/c10-7-6-9(12)11-8-4-2-1-3-5-8/h1-4H,6-7,10H2,(H,11,12). The number of amides is 1. The summed E-state index contributed by atoms with van der Waals surface area (Å²) in [6, 6.07) is 10.1. The second-order valence-corrected chi connectivity index (χ2v) is 2.36. The molecule has 1 rings (SSSR count). The molecule has 12 heavy (non-hydrogen) atoms. The molecule has 3 heteroatoms. The number of nitrogens with one attached hydrogen (secondary N) is 1. The molecule has 0 aliphatic heterocycles. The van der Waals surface area contributed by atoms with Gasteiger partial charge in [0, 0.05) is 24.7 Å². The molecule has 1 amide bonds. The Bertz CT molecular complexity index is 246. The van der Waals surface area contributed by atoms with Crippen LogP contribution in [0.3, 0.4) is 0 Å². The smallest absolute Gasteiger partial charge is 0.225 e. The summed E-state index contributed by atoms with van der Waals surface area (Å²) in [5.41, 5.74) is 5.90. The van der Waals surface area contributed by atoms with E-state index in [-0.39, 0.29) is 5.91 Å². The third kappa shape index (κ3) is 2.72. The zero-order valence-electron chi connectivity index (χ0n) is 6.71. The first-order valence-electron chi connectivity index (χ1n) is 3.79. The summed E-state index contributed by atoms with van der Waals surface area (Å²) in [6.07, 6.45) is 0.350. The highest BCUT2D eigenvalue weighted by molar-refractivity contribution is 5.90. The van der Waals surface area contributed by atoms with Gasteiger partial charge in [0.1, 0.15) is 0 Å². The Morgan fingerprint density at radius 2 is 2.42 bits per heavy atom. The van der Waals surface area contributed by atoms with Crippen LogP contribution in [0.2, 0.25) is 0 Å². The minimum atomic E-state index is -0.0695. The van der Waals surface area contributed by atoms with Crippen LogP contribution in [0.15, 0.2) is 24.3 Å².